The lowest BCUT2D eigenvalue weighted by molar-refractivity contribution is -0.114. The van der Waals surface area contributed by atoms with E-state index in [1.807, 2.05) is 0 Å². The number of nitrogens with two attached hydrogens (primary N) is 1. The maximum Gasteiger partial charge on any atom is 0.407 e. The van der Waals surface area contributed by atoms with Crippen molar-refractivity contribution < 1.29 is 19.8 Å². The molecule has 0 radical (unpaired) electrons. The van der Waals surface area contributed by atoms with Crippen LogP contribution in [0, 0.1) is 5.92 Å². The highest BCUT2D eigenvalue weighted by Gasteiger charge is 2.47. The molecule has 2 rings (SSSR count). The predicted molar refractivity (Wildman–Crippen MR) is 74.6 cm³/mol. The molecule has 1 saturated heterocycles. The molecule has 1 aliphatic heterocycles. The molecule has 8 heteroatoms. The summed E-state index contributed by atoms with van der Waals surface area (Å²) in [5, 5.41) is 21.2. The van der Waals surface area contributed by atoms with Crippen LogP contribution in [-0.4, -0.2) is 51.8 Å². The van der Waals surface area contributed by atoms with Crippen LogP contribution < -0.4 is 11.1 Å². The maximum absolute atomic E-state index is 11.1. The minimum Gasteiger partial charge on any atom is -0.465 e. The zero-order chi connectivity index (χ0) is 15.6. The van der Waals surface area contributed by atoms with Crippen LogP contribution in [0.1, 0.15) is 12.6 Å². The van der Waals surface area contributed by atoms with E-state index in [0.717, 1.165) is 4.90 Å². The number of likely N-dealkylation sites (tertiary alicyclic amines) is 1. The first kappa shape index (κ1) is 15.2. The third-order valence-electron chi connectivity index (χ3n) is 3.67. The highest BCUT2D eigenvalue weighted by molar-refractivity contribution is 5.88. The number of rotatable bonds is 3. The van der Waals surface area contributed by atoms with Gasteiger partial charge in [0.2, 0.25) is 5.91 Å². The van der Waals surface area contributed by atoms with Crippen LogP contribution in [0.5, 0.6) is 0 Å². The van der Waals surface area contributed by atoms with Gasteiger partial charge in [-0.2, -0.15) is 0 Å². The van der Waals surface area contributed by atoms with Gasteiger partial charge in [-0.1, -0.05) is 0 Å². The first-order valence-corrected chi connectivity index (χ1v) is 6.48. The summed E-state index contributed by atoms with van der Waals surface area (Å²) in [6, 6.07) is 3.22. The van der Waals surface area contributed by atoms with Crippen LogP contribution in [0.25, 0.3) is 0 Å². The fraction of sp³-hybridized carbons (Fsp3) is 0.462. The number of pyridine rings is 1. The van der Waals surface area contributed by atoms with E-state index >= 15 is 0 Å². The Morgan fingerprint density at radius 1 is 1.62 bits per heavy atom. The van der Waals surface area contributed by atoms with Gasteiger partial charge in [0.25, 0.3) is 0 Å². The van der Waals surface area contributed by atoms with Gasteiger partial charge in [-0.15, -0.1) is 0 Å². The number of hydrogen-bond acceptors (Lipinski definition) is 5. The van der Waals surface area contributed by atoms with Gasteiger partial charge in [-0.25, -0.2) is 4.79 Å². The van der Waals surface area contributed by atoms with Gasteiger partial charge in [0.15, 0.2) is 0 Å². The molecular weight excluding hydrogens is 276 g/mol. The Balaban J connectivity index is 2.34. The summed E-state index contributed by atoms with van der Waals surface area (Å²) in [5.74, 6) is -0.677. The van der Waals surface area contributed by atoms with Crippen molar-refractivity contribution in [1.29, 1.82) is 0 Å². The molecule has 0 aromatic carbocycles. The molecule has 2 amide bonds. The standard InChI is InChI=1S/C13H18N4O4/c1-8(19)16-10-2-3-15-11(4-10)13(14)7-17(12(20)21)5-9(13)6-18/h2-4,9,18H,5-7,14H2,1H3,(H,20,21)(H,15,16,19). The number of aliphatic hydroxyl groups excluding tert-OH is 1. The van der Waals surface area contributed by atoms with Crippen LogP contribution in [0.15, 0.2) is 18.3 Å². The number of amides is 2. The van der Waals surface area contributed by atoms with Crippen molar-refractivity contribution in [2.24, 2.45) is 11.7 Å². The number of carbonyl (C=O) groups excluding carboxylic acids is 1. The third kappa shape index (κ3) is 2.96. The van der Waals surface area contributed by atoms with Crippen LogP contribution >= 0.6 is 0 Å². The number of nitrogens with one attached hydrogen (secondary N) is 1. The van der Waals surface area contributed by atoms with Crippen LogP contribution in [0.4, 0.5) is 10.5 Å². The lowest BCUT2D eigenvalue weighted by Gasteiger charge is -2.28. The zero-order valence-corrected chi connectivity index (χ0v) is 11.6. The van der Waals surface area contributed by atoms with Crippen molar-refractivity contribution in [3.63, 3.8) is 0 Å². The number of carboxylic acid groups (broad SMARTS) is 1. The Labute approximate surface area is 121 Å². The van der Waals surface area contributed by atoms with Gasteiger partial charge < -0.3 is 26.2 Å². The molecule has 21 heavy (non-hydrogen) atoms. The van der Waals surface area contributed by atoms with Crippen molar-refractivity contribution in [2.75, 3.05) is 25.0 Å². The molecule has 8 nitrogen and oxygen atoms in total. The van der Waals surface area contributed by atoms with Gasteiger partial charge in [-0.3, -0.25) is 9.78 Å². The first-order valence-electron chi connectivity index (χ1n) is 6.48. The van der Waals surface area contributed by atoms with Crippen LogP contribution in [0.3, 0.4) is 0 Å². The summed E-state index contributed by atoms with van der Waals surface area (Å²) in [4.78, 5) is 27.6. The molecule has 0 saturated carbocycles. The monoisotopic (exact) mass is 294 g/mol. The Hall–Kier alpha value is -2.19. The number of carbonyl (C=O) groups is 2. The summed E-state index contributed by atoms with van der Waals surface area (Å²) in [7, 11) is 0. The molecule has 2 heterocycles. The second-order valence-corrected chi connectivity index (χ2v) is 5.19. The molecule has 5 N–H and O–H groups in total. The molecule has 2 unspecified atom stereocenters. The number of nitrogens with zero attached hydrogens (tertiary/aromatic N) is 2. The Morgan fingerprint density at radius 2 is 2.33 bits per heavy atom. The molecule has 1 fully saturated rings. The largest absolute Gasteiger partial charge is 0.465 e. The topological polar surface area (TPSA) is 129 Å². The van der Waals surface area contributed by atoms with Crippen molar-refractivity contribution in [1.82, 2.24) is 9.88 Å². The van der Waals surface area contributed by atoms with Gasteiger partial charge in [0, 0.05) is 44.4 Å². The minimum absolute atomic E-state index is 0.0457. The maximum atomic E-state index is 11.1. The van der Waals surface area contributed by atoms with E-state index in [9.17, 15) is 14.7 Å². The first-order chi connectivity index (χ1) is 9.86. The summed E-state index contributed by atoms with van der Waals surface area (Å²) in [6.45, 7) is 1.33. The summed E-state index contributed by atoms with van der Waals surface area (Å²) >= 11 is 0. The van der Waals surface area contributed by atoms with Gasteiger partial charge in [0.05, 0.1) is 11.2 Å². The van der Waals surface area contributed by atoms with E-state index in [-0.39, 0.29) is 25.6 Å². The molecule has 1 aromatic heterocycles. The average Bonchev–Trinajstić information content (AvgIpc) is 2.77. The van der Waals surface area contributed by atoms with Crippen molar-refractivity contribution in [3.05, 3.63) is 24.0 Å². The zero-order valence-electron chi connectivity index (χ0n) is 11.6. The van der Waals surface area contributed by atoms with Gasteiger partial charge in [0.1, 0.15) is 0 Å². The highest BCUT2D eigenvalue weighted by Crippen LogP contribution is 2.34. The van der Waals surface area contributed by atoms with Crippen LogP contribution in [-0.2, 0) is 10.3 Å². The van der Waals surface area contributed by atoms with Crippen LogP contribution in [0.2, 0.25) is 0 Å². The fourth-order valence-electron chi connectivity index (χ4n) is 2.56. The Kier molecular flexibility index (Phi) is 4.10. The number of hydrogen-bond donors (Lipinski definition) is 4. The lowest BCUT2D eigenvalue weighted by atomic mass is 9.85. The number of aliphatic hydroxyl groups is 1. The van der Waals surface area contributed by atoms with Crippen molar-refractivity contribution in [3.8, 4) is 0 Å². The molecule has 1 aliphatic rings. The van der Waals surface area contributed by atoms with E-state index < -0.39 is 17.6 Å². The molecular formula is C13H18N4O4. The van der Waals surface area contributed by atoms with Crippen molar-refractivity contribution >= 4 is 17.7 Å². The SMILES string of the molecule is CC(=O)Nc1ccnc(C2(N)CN(C(=O)O)CC2CO)c1. The summed E-state index contributed by atoms with van der Waals surface area (Å²) in [6.07, 6.45) is 0.409. The summed E-state index contributed by atoms with van der Waals surface area (Å²) < 4.78 is 0. The molecule has 2 atom stereocenters. The highest BCUT2D eigenvalue weighted by atomic mass is 16.4. The average molecular weight is 294 g/mol. The van der Waals surface area contributed by atoms with E-state index in [1.54, 1.807) is 12.1 Å². The normalized spacial score (nSPS) is 24.9. The van der Waals surface area contributed by atoms with E-state index in [1.165, 1.54) is 13.1 Å². The minimum atomic E-state index is -1.08. The fourth-order valence-corrected chi connectivity index (χ4v) is 2.56. The quantitative estimate of drug-likeness (QED) is 0.611. The molecule has 114 valence electrons. The van der Waals surface area contributed by atoms with E-state index in [0.29, 0.717) is 11.4 Å². The van der Waals surface area contributed by atoms with E-state index in [2.05, 4.69) is 10.3 Å². The molecule has 1 aromatic rings. The molecule has 0 bridgehead atoms. The Bertz CT molecular complexity index is 565. The van der Waals surface area contributed by atoms with E-state index in [4.69, 9.17) is 10.8 Å². The second kappa shape index (κ2) is 5.66. The van der Waals surface area contributed by atoms with Crippen molar-refractivity contribution in [2.45, 2.75) is 12.5 Å². The van der Waals surface area contributed by atoms with Gasteiger partial charge in [-0.05, 0) is 12.1 Å². The lowest BCUT2D eigenvalue weighted by Crippen LogP contribution is -2.47. The second-order valence-electron chi connectivity index (χ2n) is 5.19. The predicted octanol–water partition coefficient (Wildman–Crippen LogP) is -0.204. The Morgan fingerprint density at radius 3 is 2.90 bits per heavy atom. The van der Waals surface area contributed by atoms with Gasteiger partial charge >= 0.3 is 6.09 Å². The number of anilines is 1. The smallest absolute Gasteiger partial charge is 0.407 e. The molecule has 0 aliphatic carbocycles. The summed E-state index contributed by atoms with van der Waals surface area (Å²) in [5.41, 5.74) is 6.21. The molecule has 0 spiro atoms. The number of aromatic nitrogens is 1. The third-order valence-corrected chi connectivity index (χ3v) is 3.67.